The zero-order chi connectivity index (χ0) is 11.5. The fourth-order valence-electron chi connectivity index (χ4n) is 1.25. The average molecular weight is 324 g/mol. The Labute approximate surface area is 104 Å². The molecule has 1 heterocycles. The van der Waals surface area contributed by atoms with Gasteiger partial charge in [-0.3, -0.25) is 0 Å². The van der Waals surface area contributed by atoms with Crippen LogP contribution in [0.1, 0.15) is 26.6 Å². The minimum absolute atomic E-state index is 0.496. The maximum atomic E-state index is 9.77. The normalized spacial score (nSPS) is 12.1. The van der Waals surface area contributed by atoms with Gasteiger partial charge in [0.05, 0.1) is 22.0 Å². The van der Waals surface area contributed by atoms with Gasteiger partial charge in [0.15, 0.2) is 0 Å². The second-order valence-electron chi connectivity index (χ2n) is 4.03. The zero-order valence-corrected chi connectivity index (χ0v) is 11.5. The third-order valence-corrected chi connectivity index (χ3v) is 2.73. The molecule has 4 nitrogen and oxygen atoms in total. The minimum Gasteiger partial charge on any atom is -0.389 e. The van der Waals surface area contributed by atoms with E-state index in [0.29, 0.717) is 19.8 Å². The van der Waals surface area contributed by atoms with Gasteiger partial charge in [0, 0.05) is 6.61 Å². The first-order valence-electron chi connectivity index (χ1n) is 4.94. The molecule has 0 aromatic carbocycles. The maximum absolute atomic E-state index is 9.77. The lowest BCUT2D eigenvalue weighted by Gasteiger charge is -2.20. The molecule has 1 rings (SSSR count). The molecule has 0 radical (unpaired) electrons. The van der Waals surface area contributed by atoms with Gasteiger partial charge in [-0.05, 0) is 43.4 Å². The van der Waals surface area contributed by atoms with Gasteiger partial charge in [0.25, 0.3) is 0 Å². The first-order chi connectivity index (χ1) is 6.94. The molecule has 0 spiro atoms. The van der Waals surface area contributed by atoms with Crippen LogP contribution < -0.4 is 0 Å². The summed E-state index contributed by atoms with van der Waals surface area (Å²) in [6.07, 6.45) is 1.79. The van der Waals surface area contributed by atoms with Crippen molar-refractivity contribution in [1.29, 1.82) is 0 Å². The molecule has 0 saturated carbocycles. The van der Waals surface area contributed by atoms with Crippen molar-refractivity contribution in [3.8, 4) is 0 Å². The molecular weight excluding hydrogens is 307 g/mol. The molecule has 0 atom stereocenters. The van der Waals surface area contributed by atoms with E-state index in [2.05, 4.69) is 27.6 Å². The molecule has 0 unspecified atom stereocenters. The van der Waals surface area contributed by atoms with Crippen molar-refractivity contribution in [2.75, 3.05) is 6.61 Å². The highest BCUT2D eigenvalue weighted by molar-refractivity contribution is 14.1. The van der Waals surface area contributed by atoms with E-state index < -0.39 is 5.60 Å². The van der Waals surface area contributed by atoms with Crippen LogP contribution in [-0.2, 0) is 17.9 Å². The van der Waals surface area contributed by atoms with Gasteiger partial charge in [-0.25, -0.2) is 4.98 Å². The van der Waals surface area contributed by atoms with Crippen LogP contribution in [0.2, 0.25) is 0 Å². The standard InChI is InChI=1S/C10H17IN2O2/c1-4-15-6-9-12-5-8(11)13(9)7-10(2,3)14/h5,14H,4,6-7H2,1-3H3. The third kappa shape index (κ3) is 4.08. The number of imidazole rings is 1. The highest BCUT2D eigenvalue weighted by Crippen LogP contribution is 2.14. The molecular formula is C10H17IN2O2. The van der Waals surface area contributed by atoms with Crippen molar-refractivity contribution in [3.63, 3.8) is 0 Å². The summed E-state index contributed by atoms with van der Waals surface area (Å²) in [5.41, 5.74) is -0.735. The van der Waals surface area contributed by atoms with E-state index in [-0.39, 0.29) is 0 Å². The molecule has 15 heavy (non-hydrogen) atoms. The molecule has 0 bridgehead atoms. The van der Waals surface area contributed by atoms with E-state index in [9.17, 15) is 5.11 Å². The van der Waals surface area contributed by atoms with Crippen molar-refractivity contribution in [2.24, 2.45) is 0 Å². The van der Waals surface area contributed by atoms with Crippen LogP contribution in [0.15, 0.2) is 6.20 Å². The Morgan fingerprint density at radius 2 is 2.27 bits per heavy atom. The predicted molar refractivity (Wildman–Crippen MR) is 66.6 cm³/mol. The van der Waals surface area contributed by atoms with E-state index in [4.69, 9.17) is 4.74 Å². The van der Waals surface area contributed by atoms with Gasteiger partial charge in [-0.2, -0.15) is 0 Å². The van der Waals surface area contributed by atoms with Crippen LogP contribution in [0, 0.1) is 3.70 Å². The summed E-state index contributed by atoms with van der Waals surface area (Å²) >= 11 is 2.21. The summed E-state index contributed by atoms with van der Waals surface area (Å²) in [5.74, 6) is 0.864. The lowest BCUT2D eigenvalue weighted by Crippen LogP contribution is -2.28. The van der Waals surface area contributed by atoms with Gasteiger partial charge in [-0.15, -0.1) is 0 Å². The maximum Gasteiger partial charge on any atom is 0.135 e. The summed E-state index contributed by atoms with van der Waals surface area (Å²) in [6, 6.07) is 0. The largest absolute Gasteiger partial charge is 0.389 e. The third-order valence-electron chi connectivity index (χ3n) is 1.87. The van der Waals surface area contributed by atoms with Gasteiger partial charge in [0.1, 0.15) is 12.4 Å². The Bertz CT molecular complexity index is 318. The van der Waals surface area contributed by atoms with Crippen molar-refractivity contribution in [2.45, 2.75) is 39.5 Å². The highest BCUT2D eigenvalue weighted by Gasteiger charge is 2.17. The number of hydrogen-bond donors (Lipinski definition) is 1. The average Bonchev–Trinajstić information content (AvgIpc) is 2.43. The van der Waals surface area contributed by atoms with E-state index in [1.807, 2.05) is 11.5 Å². The Morgan fingerprint density at radius 3 is 2.80 bits per heavy atom. The van der Waals surface area contributed by atoms with Crippen molar-refractivity contribution >= 4 is 22.6 Å². The van der Waals surface area contributed by atoms with Gasteiger partial charge < -0.3 is 14.4 Å². The van der Waals surface area contributed by atoms with Crippen molar-refractivity contribution in [1.82, 2.24) is 9.55 Å². The Hall–Kier alpha value is -0.140. The number of ether oxygens (including phenoxy) is 1. The van der Waals surface area contributed by atoms with Crippen LogP contribution >= 0.6 is 22.6 Å². The lowest BCUT2D eigenvalue weighted by molar-refractivity contribution is 0.0561. The summed E-state index contributed by atoms with van der Waals surface area (Å²) in [6.45, 7) is 7.23. The molecule has 5 heteroatoms. The number of rotatable bonds is 5. The fourth-order valence-corrected chi connectivity index (χ4v) is 1.84. The van der Waals surface area contributed by atoms with Crippen LogP contribution in [0.3, 0.4) is 0 Å². The Kier molecular flexibility index (Phi) is 4.54. The van der Waals surface area contributed by atoms with E-state index in [1.54, 1.807) is 20.0 Å². The first kappa shape index (κ1) is 12.9. The SMILES string of the molecule is CCOCc1ncc(I)n1CC(C)(C)O. The number of aromatic nitrogens is 2. The predicted octanol–water partition coefficient (Wildman–Crippen LogP) is 1.80. The first-order valence-corrected chi connectivity index (χ1v) is 6.02. The summed E-state index contributed by atoms with van der Waals surface area (Å²) in [4.78, 5) is 4.26. The smallest absolute Gasteiger partial charge is 0.135 e. The molecule has 86 valence electrons. The fraction of sp³-hybridized carbons (Fsp3) is 0.700. The Morgan fingerprint density at radius 1 is 1.60 bits per heavy atom. The van der Waals surface area contributed by atoms with Gasteiger partial charge in [0.2, 0.25) is 0 Å². The molecule has 1 N–H and O–H groups in total. The quantitative estimate of drug-likeness (QED) is 0.840. The summed E-state index contributed by atoms with van der Waals surface area (Å²) in [7, 11) is 0. The van der Waals surface area contributed by atoms with E-state index in [1.165, 1.54) is 0 Å². The van der Waals surface area contributed by atoms with Crippen LogP contribution in [0.5, 0.6) is 0 Å². The Balaban J connectivity index is 2.80. The molecule has 1 aromatic rings. The number of hydrogen-bond acceptors (Lipinski definition) is 3. The molecule has 0 aliphatic rings. The highest BCUT2D eigenvalue weighted by atomic mass is 127. The second kappa shape index (κ2) is 5.27. The van der Waals surface area contributed by atoms with Crippen LogP contribution in [-0.4, -0.2) is 26.9 Å². The van der Waals surface area contributed by atoms with Crippen LogP contribution in [0.25, 0.3) is 0 Å². The molecule has 0 aliphatic carbocycles. The monoisotopic (exact) mass is 324 g/mol. The number of halogens is 1. The second-order valence-corrected chi connectivity index (χ2v) is 5.14. The number of aliphatic hydroxyl groups is 1. The molecule has 0 saturated heterocycles. The van der Waals surface area contributed by atoms with Crippen LogP contribution in [0.4, 0.5) is 0 Å². The van der Waals surface area contributed by atoms with Crippen molar-refractivity contribution < 1.29 is 9.84 Å². The molecule has 0 amide bonds. The van der Waals surface area contributed by atoms with Gasteiger partial charge in [-0.1, -0.05) is 0 Å². The van der Waals surface area contributed by atoms with E-state index >= 15 is 0 Å². The van der Waals surface area contributed by atoms with E-state index in [0.717, 1.165) is 9.53 Å². The van der Waals surface area contributed by atoms with Crippen molar-refractivity contribution in [3.05, 3.63) is 15.7 Å². The summed E-state index contributed by atoms with van der Waals surface area (Å²) in [5, 5.41) is 9.77. The molecule has 0 fully saturated rings. The zero-order valence-electron chi connectivity index (χ0n) is 9.33. The molecule has 1 aromatic heterocycles. The topological polar surface area (TPSA) is 47.3 Å². The summed E-state index contributed by atoms with van der Waals surface area (Å²) < 4.78 is 8.32. The lowest BCUT2D eigenvalue weighted by atomic mass is 10.1. The van der Waals surface area contributed by atoms with Gasteiger partial charge >= 0.3 is 0 Å². The molecule has 0 aliphatic heterocycles. The minimum atomic E-state index is -0.735. The number of nitrogens with zero attached hydrogens (tertiary/aromatic N) is 2.